The third-order valence-corrected chi connectivity index (χ3v) is 4.04. The lowest BCUT2D eigenvalue weighted by Crippen LogP contribution is -2.39. The molecule has 0 aromatic carbocycles. The highest BCUT2D eigenvalue weighted by Gasteiger charge is 2.29. The van der Waals surface area contributed by atoms with E-state index in [0.29, 0.717) is 24.8 Å². The van der Waals surface area contributed by atoms with Crippen molar-refractivity contribution in [2.75, 3.05) is 6.54 Å². The summed E-state index contributed by atoms with van der Waals surface area (Å²) in [6.45, 7) is 2.95. The molecule has 2 saturated carbocycles. The zero-order valence-electron chi connectivity index (χ0n) is 10.2. The van der Waals surface area contributed by atoms with Gasteiger partial charge in [0.25, 0.3) is 0 Å². The molecule has 2 aliphatic carbocycles. The molecule has 16 heavy (non-hydrogen) atoms. The summed E-state index contributed by atoms with van der Waals surface area (Å²) in [7, 11) is 0. The van der Waals surface area contributed by atoms with E-state index in [1.54, 1.807) is 0 Å². The predicted octanol–water partition coefficient (Wildman–Crippen LogP) is 1.67. The Balaban J connectivity index is 1.60. The average Bonchev–Trinajstić information content (AvgIpc) is 3.01. The molecular weight excluding hydrogens is 200 g/mol. The highest BCUT2D eigenvalue weighted by Crippen LogP contribution is 2.33. The fourth-order valence-electron chi connectivity index (χ4n) is 2.77. The van der Waals surface area contributed by atoms with E-state index in [9.17, 15) is 4.79 Å². The molecule has 2 fully saturated rings. The summed E-state index contributed by atoms with van der Waals surface area (Å²) in [5.74, 6) is 2.31. The van der Waals surface area contributed by atoms with Crippen LogP contribution < -0.4 is 11.1 Å². The fourth-order valence-corrected chi connectivity index (χ4v) is 2.77. The van der Waals surface area contributed by atoms with Crippen molar-refractivity contribution >= 4 is 5.91 Å². The molecule has 3 nitrogen and oxygen atoms in total. The van der Waals surface area contributed by atoms with Gasteiger partial charge in [-0.1, -0.05) is 13.3 Å². The van der Waals surface area contributed by atoms with Crippen LogP contribution in [0.1, 0.15) is 45.4 Å². The van der Waals surface area contributed by atoms with E-state index in [2.05, 4.69) is 12.2 Å². The van der Waals surface area contributed by atoms with Gasteiger partial charge < -0.3 is 11.1 Å². The van der Waals surface area contributed by atoms with Gasteiger partial charge in [-0.05, 0) is 43.4 Å². The average molecular weight is 224 g/mol. The van der Waals surface area contributed by atoms with Crippen molar-refractivity contribution in [1.29, 1.82) is 0 Å². The zero-order valence-corrected chi connectivity index (χ0v) is 10.2. The number of carbonyl (C=O) groups is 1. The summed E-state index contributed by atoms with van der Waals surface area (Å²) < 4.78 is 0. The molecule has 0 aromatic heterocycles. The van der Waals surface area contributed by atoms with Crippen LogP contribution in [0.25, 0.3) is 0 Å². The summed E-state index contributed by atoms with van der Waals surface area (Å²) in [4.78, 5) is 11.7. The SMILES string of the molecule is CC1CCC(CC(=O)NCC(N)C2CC2)C1. The number of carbonyl (C=O) groups excluding carboxylic acids is 1. The largest absolute Gasteiger partial charge is 0.355 e. The molecule has 92 valence electrons. The van der Waals surface area contributed by atoms with Crippen LogP contribution in [-0.2, 0) is 4.79 Å². The molecule has 3 heteroatoms. The molecule has 2 aliphatic rings. The Morgan fingerprint density at radius 2 is 2.12 bits per heavy atom. The number of rotatable bonds is 5. The van der Waals surface area contributed by atoms with Crippen molar-refractivity contribution in [2.24, 2.45) is 23.5 Å². The normalized spacial score (nSPS) is 31.4. The van der Waals surface area contributed by atoms with Gasteiger partial charge in [-0.3, -0.25) is 4.79 Å². The Hall–Kier alpha value is -0.570. The van der Waals surface area contributed by atoms with E-state index in [-0.39, 0.29) is 11.9 Å². The fraction of sp³-hybridized carbons (Fsp3) is 0.923. The van der Waals surface area contributed by atoms with Gasteiger partial charge in [0.1, 0.15) is 0 Å². The minimum atomic E-state index is 0.187. The number of hydrogen-bond acceptors (Lipinski definition) is 2. The lowest BCUT2D eigenvalue weighted by atomic mass is 10.0. The first-order valence-corrected chi connectivity index (χ1v) is 6.67. The summed E-state index contributed by atoms with van der Waals surface area (Å²) in [6, 6.07) is 0.187. The van der Waals surface area contributed by atoms with Crippen LogP contribution in [0.5, 0.6) is 0 Å². The molecule has 3 unspecified atom stereocenters. The van der Waals surface area contributed by atoms with Crippen molar-refractivity contribution in [2.45, 2.75) is 51.5 Å². The van der Waals surface area contributed by atoms with Gasteiger partial charge in [-0.2, -0.15) is 0 Å². The Bertz CT molecular complexity index is 250. The number of nitrogens with two attached hydrogens (primary N) is 1. The summed E-state index contributed by atoms with van der Waals surface area (Å²) in [5, 5.41) is 2.98. The van der Waals surface area contributed by atoms with Crippen LogP contribution in [0.4, 0.5) is 0 Å². The van der Waals surface area contributed by atoms with E-state index >= 15 is 0 Å². The maximum Gasteiger partial charge on any atom is 0.220 e. The third-order valence-electron chi connectivity index (χ3n) is 4.04. The standard InChI is InChI=1S/C13H24N2O/c1-9-2-3-10(6-9)7-13(16)15-8-12(14)11-4-5-11/h9-12H,2-8,14H2,1H3,(H,15,16). The Kier molecular flexibility index (Phi) is 3.85. The Labute approximate surface area is 98.2 Å². The summed E-state index contributed by atoms with van der Waals surface area (Å²) in [5.41, 5.74) is 5.94. The van der Waals surface area contributed by atoms with Gasteiger partial charge in [0, 0.05) is 19.0 Å². The summed E-state index contributed by atoms with van der Waals surface area (Å²) >= 11 is 0. The van der Waals surface area contributed by atoms with Gasteiger partial charge >= 0.3 is 0 Å². The van der Waals surface area contributed by atoms with Crippen LogP contribution in [0.3, 0.4) is 0 Å². The first-order valence-electron chi connectivity index (χ1n) is 6.67. The van der Waals surface area contributed by atoms with Gasteiger partial charge in [-0.25, -0.2) is 0 Å². The topological polar surface area (TPSA) is 55.1 Å². The highest BCUT2D eigenvalue weighted by atomic mass is 16.1. The maximum atomic E-state index is 11.7. The molecule has 0 heterocycles. The van der Waals surface area contributed by atoms with Crippen LogP contribution in [0.2, 0.25) is 0 Å². The van der Waals surface area contributed by atoms with Crippen LogP contribution in [-0.4, -0.2) is 18.5 Å². The Morgan fingerprint density at radius 3 is 2.69 bits per heavy atom. The lowest BCUT2D eigenvalue weighted by Gasteiger charge is -2.13. The van der Waals surface area contributed by atoms with E-state index in [1.807, 2.05) is 0 Å². The molecule has 2 rings (SSSR count). The molecule has 0 spiro atoms. The quantitative estimate of drug-likeness (QED) is 0.746. The predicted molar refractivity (Wildman–Crippen MR) is 64.8 cm³/mol. The first-order chi connectivity index (χ1) is 7.65. The highest BCUT2D eigenvalue weighted by molar-refractivity contribution is 5.76. The van der Waals surface area contributed by atoms with E-state index in [1.165, 1.54) is 32.1 Å². The van der Waals surface area contributed by atoms with Crippen LogP contribution in [0, 0.1) is 17.8 Å². The second-order valence-electron chi connectivity index (χ2n) is 5.79. The zero-order chi connectivity index (χ0) is 11.5. The molecule has 0 bridgehead atoms. The van der Waals surface area contributed by atoms with E-state index in [4.69, 9.17) is 5.73 Å². The van der Waals surface area contributed by atoms with Crippen molar-refractivity contribution in [3.05, 3.63) is 0 Å². The monoisotopic (exact) mass is 224 g/mol. The maximum absolute atomic E-state index is 11.7. The number of hydrogen-bond donors (Lipinski definition) is 2. The second kappa shape index (κ2) is 5.17. The lowest BCUT2D eigenvalue weighted by molar-refractivity contribution is -0.122. The van der Waals surface area contributed by atoms with Crippen molar-refractivity contribution in [3.8, 4) is 0 Å². The molecule has 0 aromatic rings. The number of nitrogens with one attached hydrogen (secondary N) is 1. The molecule has 1 amide bonds. The molecule has 0 aliphatic heterocycles. The first kappa shape index (κ1) is 11.9. The van der Waals surface area contributed by atoms with Gasteiger partial charge in [0.2, 0.25) is 5.91 Å². The smallest absolute Gasteiger partial charge is 0.220 e. The summed E-state index contributed by atoms with van der Waals surface area (Å²) in [6.07, 6.45) is 6.95. The van der Waals surface area contributed by atoms with Gasteiger partial charge in [-0.15, -0.1) is 0 Å². The molecule has 0 saturated heterocycles. The molecule has 0 radical (unpaired) electrons. The Morgan fingerprint density at radius 1 is 1.38 bits per heavy atom. The van der Waals surface area contributed by atoms with Crippen LogP contribution in [0.15, 0.2) is 0 Å². The second-order valence-corrected chi connectivity index (χ2v) is 5.79. The minimum absolute atomic E-state index is 0.187. The van der Waals surface area contributed by atoms with Crippen molar-refractivity contribution in [3.63, 3.8) is 0 Å². The van der Waals surface area contributed by atoms with E-state index < -0.39 is 0 Å². The van der Waals surface area contributed by atoms with Gasteiger partial charge in [0.05, 0.1) is 0 Å². The van der Waals surface area contributed by atoms with Crippen molar-refractivity contribution < 1.29 is 4.79 Å². The molecular formula is C13H24N2O. The van der Waals surface area contributed by atoms with Gasteiger partial charge in [0.15, 0.2) is 0 Å². The minimum Gasteiger partial charge on any atom is -0.355 e. The third kappa shape index (κ3) is 3.48. The van der Waals surface area contributed by atoms with Crippen molar-refractivity contribution in [1.82, 2.24) is 5.32 Å². The molecule has 3 atom stereocenters. The number of amides is 1. The van der Waals surface area contributed by atoms with Crippen LogP contribution >= 0.6 is 0 Å². The van der Waals surface area contributed by atoms with E-state index in [0.717, 1.165) is 5.92 Å². The molecule has 3 N–H and O–H groups in total.